The van der Waals surface area contributed by atoms with Crippen molar-refractivity contribution in [1.82, 2.24) is 0 Å². The highest BCUT2D eigenvalue weighted by Gasteiger charge is 2.17. The van der Waals surface area contributed by atoms with Crippen molar-refractivity contribution in [3.8, 4) is 0 Å². The van der Waals surface area contributed by atoms with Gasteiger partial charge in [-0.2, -0.15) is 0 Å². The van der Waals surface area contributed by atoms with E-state index in [1.807, 2.05) is 0 Å². The van der Waals surface area contributed by atoms with Gasteiger partial charge in [-0.25, -0.2) is 4.39 Å². The zero-order valence-electron chi connectivity index (χ0n) is 7.83. The molecule has 1 aromatic rings. The van der Waals surface area contributed by atoms with Crippen molar-refractivity contribution in [2.75, 3.05) is 0 Å². The Balaban J connectivity index is 3.01. The Bertz CT molecular complexity index is 371. The molecule has 14 heavy (non-hydrogen) atoms. The molecule has 0 spiro atoms. The zero-order valence-corrected chi connectivity index (χ0v) is 7.83. The Labute approximate surface area is 81.7 Å². The van der Waals surface area contributed by atoms with Crippen LogP contribution in [0.15, 0.2) is 36.4 Å². The monoisotopic (exact) mass is 194 g/mol. The molecule has 1 unspecified atom stereocenters. The average molecular weight is 194 g/mol. The molecule has 2 nitrogen and oxygen atoms in total. The minimum absolute atomic E-state index is 0.00454. The van der Waals surface area contributed by atoms with Crippen LogP contribution in [0, 0.1) is 5.82 Å². The molecule has 74 valence electrons. The van der Waals surface area contributed by atoms with Gasteiger partial charge >= 0.3 is 0 Å². The van der Waals surface area contributed by atoms with Gasteiger partial charge in [0.1, 0.15) is 11.9 Å². The lowest BCUT2D eigenvalue weighted by Gasteiger charge is -2.12. The lowest BCUT2D eigenvalue weighted by atomic mass is 10.00. The van der Waals surface area contributed by atoms with Crippen molar-refractivity contribution in [3.63, 3.8) is 0 Å². The van der Waals surface area contributed by atoms with Gasteiger partial charge in [-0.3, -0.25) is 4.79 Å². The van der Waals surface area contributed by atoms with E-state index in [9.17, 15) is 14.3 Å². The molecule has 1 aromatic carbocycles. The van der Waals surface area contributed by atoms with Gasteiger partial charge in [0, 0.05) is 11.1 Å². The van der Waals surface area contributed by atoms with Crippen molar-refractivity contribution in [1.29, 1.82) is 0 Å². The van der Waals surface area contributed by atoms with Gasteiger partial charge in [0.15, 0.2) is 5.78 Å². The third-order valence-electron chi connectivity index (χ3n) is 1.98. The number of benzene rings is 1. The SMILES string of the molecule is C=C(C(C)=O)C(O)c1ccccc1F. The lowest BCUT2D eigenvalue weighted by molar-refractivity contribution is -0.114. The number of hydrogen-bond acceptors (Lipinski definition) is 2. The van der Waals surface area contributed by atoms with E-state index >= 15 is 0 Å². The molecule has 0 saturated heterocycles. The van der Waals surface area contributed by atoms with Crippen LogP contribution in [0.4, 0.5) is 4.39 Å². The first kappa shape index (κ1) is 10.6. The standard InChI is InChI=1S/C11H11FO2/c1-7(8(2)13)11(14)9-5-3-4-6-10(9)12/h3-6,11,14H,1H2,2H3. The average Bonchev–Trinajstić information content (AvgIpc) is 2.16. The van der Waals surface area contributed by atoms with Crippen LogP contribution >= 0.6 is 0 Å². The number of rotatable bonds is 3. The topological polar surface area (TPSA) is 37.3 Å². The molecule has 0 fully saturated rings. The van der Waals surface area contributed by atoms with Crippen LogP contribution in [0.2, 0.25) is 0 Å². The molecule has 0 bridgehead atoms. The second-order valence-corrected chi connectivity index (χ2v) is 3.01. The maximum absolute atomic E-state index is 13.2. The number of carbonyl (C=O) groups is 1. The van der Waals surface area contributed by atoms with Gasteiger partial charge in [-0.15, -0.1) is 0 Å². The maximum atomic E-state index is 13.2. The van der Waals surface area contributed by atoms with Crippen LogP contribution < -0.4 is 0 Å². The molecule has 0 radical (unpaired) electrons. The molecular formula is C11H11FO2. The van der Waals surface area contributed by atoms with E-state index in [4.69, 9.17) is 0 Å². The fourth-order valence-corrected chi connectivity index (χ4v) is 1.08. The Hall–Kier alpha value is -1.48. The van der Waals surface area contributed by atoms with E-state index in [1.165, 1.54) is 25.1 Å². The Morgan fingerprint density at radius 3 is 2.57 bits per heavy atom. The first-order valence-electron chi connectivity index (χ1n) is 4.16. The number of halogens is 1. The zero-order chi connectivity index (χ0) is 10.7. The predicted molar refractivity (Wildman–Crippen MR) is 51.2 cm³/mol. The highest BCUT2D eigenvalue weighted by Crippen LogP contribution is 2.22. The van der Waals surface area contributed by atoms with Crippen LogP contribution in [0.25, 0.3) is 0 Å². The summed E-state index contributed by atoms with van der Waals surface area (Å²) in [6.07, 6.45) is -1.26. The van der Waals surface area contributed by atoms with Gasteiger partial charge in [0.25, 0.3) is 0 Å². The molecular weight excluding hydrogens is 183 g/mol. The normalized spacial score (nSPS) is 12.2. The Morgan fingerprint density at radius 1 is 1.50 bits per heavy atom. The molecule has 0 aromatic heterocycles. The summed E-state index contributed by atoms with van der Waals surface area (Å²) >= 11 is 0. The number of hydrogen-bond donors (Lipinski definition) is 1. The molecule has 1 atom stereocenters. The minimum Gasteiger partial charge on any atom is -0.383 e. The third kappa shape index (κ3) is 2.06. The lowest BCUT2D eigenvalue weighted by Crippen LogP contribution is -2.08. The number of Topliss-reactive ketones (excluding diaryl/α,β-unsaturated/α-hetero) is 1. The van der Waals surface area contributed by atoms with Crippen LogP contribution in [0.1, 0.15) is 18.6 Å². The van der Waals surface area contributed by atoms with E-state index < -0.39 is 11.9 Å². The molecule has 3 heteroatoms. The molecule has 0 heterocycles. The van der Waals surface area contributed by atoms with Crippen molar-refractivity contribution in [3.05, 3.63) is 47.8 Å². The summed E-state index contributed by atoms with van der Waals surface area (Å²) in [6.45, 7) is 4.69. The molecule has 0 amide bonds. The molecule has 0 aliphatic carbocycles. The highest BCUT2D eigenvalue weighted by atomic mass is 19.1. The van der Waals surface area contributed by atoms with Crippen LogP contribution in [0.5, 0.6) is 0 Å². The van der Waals surface area contributed by atoms with Crippen molar-refractivity contribution >= 4 is 5.78 Å². The van der Waals surface area contributed by atoms with Gasteiger partial charge in [-0.05, 0) is 13.0 Å². The summed E-state index contributed by atoms with van der Waals surface area (Å²) in [7, 11) is 0. The summed E-state index contributed by atoms with van der Waals surface area (Å²) in [4.78, 5) is 10.9. The number of ketones is 1. The number of aliphatic hydroxyl groups is 1. The second kappa shape index (κ2) is 4.15. The first-order chi connectivity index (χ1) is 6.54. The van der Waals surface area contributed by atoms with Crippen molar-refractivity contribution in [2.45, 2.75) is 13.0 Å². The smallest absolute Gasteiger partial charge is 0.158 e. The maximum Gasteiger partial charge on any atom is 0.158 e. The Kier molecular flexibility index (Phi) is 3.14. The van der Waals surface area contributed by atoms with E-state index in [0.717, 1.165) is 0 Å². The predicted octanol–water partition coefficient (Wildman–Crippen LogP) is 2.00. The summed E-state index contributed by atoms with van der Waals surface area (Å²) in [5.74, 6) is -0.886. The number of aliphatic hydroxyl groups excluding tert-OH is 1. The fraction of sp³-hybridized carbons (Fsp3) is 0.182. The van der Waals surface area contributed by atoms with Gasteiger partial charge in [0.2, 0.25) is 0 Å². The minimum atomic E-state index is -1.26. The van der Waals surface area contributed by atoms with Crippen LogP contribution in [0.3, 0.4) is 0 Å². The van der Waals surface area contributed by atoms with Gasteiger partial charge in [0.05, 0.1) is 0 Å². The second-order valence-electron chi connectivity index (χ2n) is 3.01. The largest absolute Gasteiger partial charge is 0.383 e. The summed E-state index contributed by atoms with van der Waals surface area (Å²) < 4.78 is 13.2. The Morgan fingerprint density at radius 2 is 2.07 bits per heavy atom. The first-order valence-corrected chi connectivity index (χ1v) is 4.16. The summed E-state index contributed by atoms with van der Waals surface area (Å²) in [5, 5.41) is 9.58. The highest BCUT2D eigenvalue weighted by molar-refractivity contribution is 5.93. The van der Waals surface area contributed by atoms with E-state index in [-0.39, 0.29) is 16.9 Å². The molecule has 1 rings (SSSR count). The summed E-state index contributed by atoms with van der Waals surface area (Å²) in [5.41, 5.74) is 0.0720. The number of carbonyl (C=O) groups excluding carboxylic acids is 1. The van der Waals surface area contributed by atoms with Crippen molar-refractivity contribution in [2.24, 2.45) is 0 Å². The van der Waals surface area contributed by atoms with E-state index in [2.05, 4.69) is 6.58 Å². The molecule has 0 aliphatic heterocycles. The van der Waals surface area contributed by atoms with Gasteiger partial charge < -0.3 is 5.11 Å². The molecule has 0 saturated carbocycles. The van der Waals surface area contributed by atoms with Crippen molar-refractivity contribution < 1.29 is 14.3 Å². The molecule has 0 aliphatic rings. The van der Waals surface area contributed by atoms with E-state index in [0.29, 0.717) is 0 Å². The fourth-order valence-electron chi connectivity index (χ4n) is 1.08. The summed E-state index contributed by atoms with van der Waals surface area (Å²) in [6, 6.07) is 5.76. The van der Waals surface area contributed by atoms with E-state index in [1.54, 1.807) is 6.07 Å². The van der Waals surface area contributed by atoms with Gasteiger partial charge in [-0.1, -0.05) is 24.8 Å². The van der Waals surface area contributed by atoms with Crippen LogP contribution in [-0.2, 0) is 4.79 Å². The quantitative estimate of drug-likeness (QED) is 0.747. The molecule has 1 N–H and O–H groups in total. The van der Waals surface area contributed by atoms with Crippen LogP contribution in [-0.4, -0.2) is 10.9 Å². The third-order valence-corrected chi connectivity index (χ3v) is 1.98.